The number of nitrogens with one attached hydrogen (secondary N) is 1. The molecule has 13 heteroatoms. The summed E-state index contributed by atoms with van der Waals surface area (Å²) in [4.78, 5) is 13.7. The molecule has 2 bridgehead atoms. The number of hydrogen-bond acceptors (Lipinski definition) is 8. The van der Waals surface area contributed by atoms with E-state index in [1.54, 1.807) is 12.3 Å². The van der Waals surface area contributed by atoms with Gasteiger partial charge in [0, 0.05) is 48.5 Å². The van der Waals surface area contributed by atoms with Crippen LogP contribution in [-0.2, 0) is 6.42 Å². The minimum absolute atomic E-state index is 0.0447. The van der Waals surface area contributed by atoms with Gasteiger partial charge in [0.15, 0.2) is 11.4 Å². The van der Waals surface area contributed by atoms with Gasteiger partial charge in [0.2, 0.25) is 0 Å². The number of aryl methyl sites for hydroxylation is 1. The molecule has 0 radical (unpaired) electrons. The Kier molecular flexibility index (Phi) is 5.68. The fraction of sp³-hybridized carbons (Fsp3) is 0.500. The summed E-state index contributed by atoms with van der Waals surface area (Å²) in [6.45, 7) is 8.25. The van der Waals surface area contributed by atoms with Crippen LogP contribution >= 0.6 is 11.3 Å². The number of thiazole rings is 1. The first kappa shape index (κ1) is 24.2. The highest BCUT2D eigenvalue weighted by Crippen LogP contribution is 2.44. The van der Waals surface area contributed by atoms with Gasteiger partial charge in [-0.1, -0.05) is 11.3 Å². The Labute approximate surface area is 215 Å². The van der Waals surface area contributed by atoms with E-state index < -0.39 is 12.6 Å². The van der Waals surface area contributed by atoms with Gasteiger partial charge in [0.1, 0.15) is 22.0 Å². The lowest BCUT2D eigenvalue weighted by Crippen LogP contribution is -2.48. The van der Waals surface area contributed by atoms with Crippen molar-refractivity contribution in [1.82, 2.24) is 34.7 Å². The molecule has 2 fully saturated rings. The number of anilines is 1. The summed E-state index contributed by atoms with van der Waals surface area (Å²) in [5.74, 6) is 0.399. The lowest BCUT2D eigenvalue weighted by Gasteiger charge is -2.37. The van der Waals surface area contributed by atoms with Crippen molar-refractivity contribution in [2.24, 2.45) is 0 Å². The molecular weight excluding hydrogens is 505 g/mol. The molecule has 1 N–H and O–H groups in total. The molecule has 0 amide bonds. The Morgan fingerprint density at radius 3 is 2.73 bits per heavy atom. The van der Waals surface area contributed by atoms with E-state index in [1.807, 2.05) is 6.92 Å². The second-order valence-corrected chi connectivity index (χ2v) is 10.9. The van der Waals surface area contributed by atoms with Crippen molar-refractivity contribution in [1.29, 1.82) is 0 Å². The predicted octanol–water partition coefficient (Wildman–Crippen LogP) is 4.34. The normalized spacial score (nSPS) is 20.2. The molecule has 4 aromatic heterocycles. The number of aromatic nitrogens is 6. The minimum Gasteiger partial charge on any atom is -0.493 e. The number of alkyl halides is 3. The second kappa shape index (κ2) is 8.69. The third kappa shape index (κ3) is 4.13. The van der Waals surface area contributed by atoms with Gasteiger partial charge >= 0.3 is 6.18 Å². The highest BCUT2D eigenvalue weighted by molar-refractivity contribution is 7.19. The molecule has 0 unspecified atom stereocenters. The number of ether oxygens (including phenoxy) is 1. The average molecular weight is 533 g/mol. The fourth-order valence-corrected chi connectivity index (χ4v) is 6.84. The van der Waals surface area contributed by atoms with Crippen molar-refractivity contribution in [2.45, 2.75) is 57.9 Å². The van der Waals surface area contributed by atoms with Gasteiger partial charge in [-0.15, -0.1) is 0 Å². The quantitative estimate of drug-likeness (QED) is 0.395. The van der Waals surface area contributed by atoms with E-state index in [9.17, 15) is 13.2 Å². The predicted molar refractivity (Wildman–Crippen MR) is 134 cm³/mol. The maximum Gasteiger partial charge on any atom is 0.393 e. The number of rotatable bonds is 6. The zero-order valence-corrected chi connectivity index (χ0v) is 21.7. The molecule has 0 saturated carbocycles. The monoisotopic (exact) mass is 532 g/mol. The lowest BCUT2D eigenvalue weighted by atomic mass is 10.0. The Balaban J connectivity index is 1.39. The number of likely N-dealkylation sites (tertiary alicyclic amines) is 1. The van der Waals surface area contributed by atoms with Gasteiger partial charge in [0.25, 0.3) is 0 Å². The van der Waals surface area contributed by atoms with Gasteiger partial charge in [-0.25, -0.2) is 14.5 Å². The summed E-state index contributed by atoms with van der Waals surface area (Å²) in [6, 6.07) is 3.03. The van der Waals surface area contributed by atoms with Gasteiger partial charge in [0.05, 0.1) is 24.9 Å². The van der Waals surface area contributed by atoms with E-state index in [1.165, 1.54) is 29.3 Å². The van der Waals surface area contributed by atoms with Crippen molar-refractivity contribution < 1.29 is 17.9 Å². The van der Waals surface area contributed by atoms with Crippen molar-refractivity contribution in [3.05, 3.63) is 29.8 Å². The number of piperazine rings is 1. The van der Waals surface area contributed by atoms with E-state index in [2.05, 4.69) is 43.9 Å². The zero-order valence-electron chi connectivity index (χ0n) is 20.9. The summed E-state index contributed by atoms with van der Waals surface area (Å²) in [5, 5.41) is 12.8. The Hall–Kier alpha value is -3.19. The molecule has 2 aliphatic rings. The molecule has 0 spiro atoms. The fourth-order valence-electron chi connectivity index (χ4n) is 5.67. The number of halogens is 3. The highest BCUT2D eigenvalue weighted by Gasteiger charge is 2.45. The molecule has 0 aromatic carbocycles. The van der Waals surface area contributed by atoms with Gasteiger partial charge < -0.3 is 9.64 Å². The van der Waals surface area contributed by atoms with Crippen LogP contribution in [0.25, 0.3) is 27.6 Å². The van der Waals surface area contributed by atoms with Crippen LogP contribution in [-0.4, -0.2) is 79.2 Å². The van der Waals surface area contributed by atoms with Crippen molar-refractivity contribution in [2.75, 3.05) is 25.1 Å². The first-order chi connectivity index (χ1) is 17.6. The van der Waals surface area contributed by atoms with E-state index in [0.717, 1.165) is 30.2 Å². The number of fused-ring (bicyclic) bond motifs is 3. The molecule has 196 valence electrons. The van der Waals surface area contributed by atoms with Gasteiger partial charge in [-0.3, -0.25) is 10.00 Å². The lowest BCUT2D eigenvalue weighted by molar-refractivity contribution is -0.127. The topological polar surface area (TPSA) is 87.5 Å². The Bertz CT molecular complexity index is 1460. The van der Waals surface area contributed by atoms with Crippen LogP contribution in [0.5, 0.6) is 5.75 Å². The van der Waals surface area contributed by atoms with Gasteiger partial charge in [-0.05, 0) is 33.3 Å². The number of aromatic amines is 1. The third-order valence-corrected chi connectivity index (χ3v) is 8.48. The van der Waals surface area contributed by atoms with Crippen LogP contribution in [0.2, 0.25) is 0 Å². The van der Waals surface area contributed by atoms with E-state index in [4.69, 9.17) is 9.72 Å². The molecule has 9 nitrogen and oxygen atoms in total. The number of H-pyrrole nitrogens is 1. The molecule has 2 atom stereocenters. The smallest absolute Gasteiger partial charge is 0.393 e. The van der Waals surface area contributed by atoms with Crippen LogP contribution in [0.15, 0.2) is 18.6 Å². The van der Waals surface area contributed by atoms with Crippen LogP contribution < -0.4 is 9.64 Å². The molecule has 37 heavy (non-hydrogen) atoms. The maximum atomic E-state index is 13.8. The highest BCUT2D eigenvalue weighted by atomic mass is 32.1. The third-order valence-electron chi connectivity index (χ3n) is 7.28. The number of pyridine rings is 1. The number of methoxy groups -OCH3 is 1. The Morgan fingerprint density at radius 2 is 2.05 bits per heavy atom. The Morgan fingerprint density at radius 1 is 1.24 bits per heavy atom. The first-order valence-corrected chi connectivity index (χ1v) is 13.0. The van der Waals surface area contributed by atoms with Crippen LogP contribution in [0, 0.1) is 6.92 Å². The van der Waals surface area contributed by atoms with Crippen molar-refractivity contribution >= 4 is 22.0 Å². The molecule has 4 aromatic rings. The summed E-state index contributed by atoms with van der Waals surface area (Å²) in [6.07, 6.45) is -1.50. The zero-order chi connectivity index (χ0) is 26.1. The van der Waals surface area contributed by atoms with E-state index in [-0.39, 0.29) is 17.0 Å². The molecule has 6 heterocycles. The van der Waals surface area contributed by atoms with Gasteiger partial charge in [-0.2, -0.15) is 23.4 Å². The summed E-state index contributed by atoms with van der Waals surface area (Å²) in [5.41, 5.74) is 2.27. The van der Waals surface area contributed by atoms with Crippen LogP contribution in [0.4, 0.5) is 18.2 Å². The van der Waals surface area contributed by atoms with Crippen LogP contribution in [0.3, 0.4) is 0 Å². The van der Waals surface area contributed by atoms with Crippen molar-refractivity contribution in [3.8, 4) is 27.7 Å². The van der Waals surface area contributed by atoms with E-state index in [0.29, 0.717) is 40.1 Å². The summed E-state index contributed by atoms with van der Waals surface area (Å²) < 4.78 is 48.2. The molecular formula is C24H27F3N8OS. The largest absolute Gasteiger partial charge is 0.493 e. The van der Waals surface area contributed by atoms with Crippen LogP contribution in [0.1, 0.15) is 31.5 Å². The summed E-state index contributed by atoms with van der Waals surface area (Å²) >= 11 is 1.41. The van der Waals surface area contributed by atoms with Crippen molar-refractivity contribution in [3.63, 3.8) is 0 Å². The number of hydrogen-bond donors (Lipinski definition) is 1. The molecule has 2 aliphatic heterocycles. The minimum atomic E-state index is -4.43. The number of nitrogens with zero attached hydrogens (tertiary/aromatic N) is 7. The average Bonchev–Trinajstić information content (AvgIpc) is 3.64. The second-order valence-electron chi connectivity index (χ2n) is 9.94. The summed E-state index contributed by atoms with van der Waals surface area (Å²) in [7, 11) is 1.48. The standard InChI is InChI=1S/C24H27F3N8OS/c1-12(2)33-9-16-6-15(33)10-34(16)23-13(3)30-22(37-23)20-17(7-24(25,26)27)19(31-32-20)14-5-18(36-4)21-28-11-29-35(21)8-14/h5,8,11-12,15-16H,6-7,9-10H2,1-4H3,(H,31,32)/t15-,16-/m0/s1. The molecule has 2 saturated heterocycles. The van der Waals surface area contributed by atoms with E-state index >= 15 is 0 Å². The molecule has 0 aliphatic carbocycles. The maximum absolute atomic E-state index is 13.8. The first-order valence-electron chi connectivity index (χ1n) is 12.1. The SMILES string of the molecule is COc1cc(-c2[nH]nc(-c3nc(C)c(N4C[C@@H]5C[C@H]4CN5C(C)C)s3)c2CC(F)(F)F)cn2ncnc12. The molecule has 6 rings (SSSR count).